The number of nitrogens with one attached hydrogen (secondary N) is 2. The van der Waals surface area contributed by atoms with Crippen molar-refractivity contribution >= 4 is 17.3 Å². The molecule has 0 saturated carbocycles. The molecule has 0 aromatic heterocycles. The molecule has 2 aromatic rings. The number of anilines is 2. The van der Waals surface area contributed by atoms with Crippen LogP contribution < -0.4 is 10.6 Å². The number of rotatable bonds is 6. The summed E-state index contributed by atoms with van der Waals surface area (Å²) in [5.41, 5.74) is 4.41. The van der Waals surface area contributed by atoms with E-state index in [0.717, 1.165) is 24.3 Å². The molecule has 0 aliphatic rings. The van der Waals surface area contributed by atoms with Gasteiger partial charge in [0.25, 0.3) is 0 Å². The lowest BCUT2D eigenvalue weighted by Gasteiger charge is -2.09. The van der Waals surface area contributed by atoms with E-state index in [9.17, 15) is 4.79 Å². The number of hydrogen-bond donors (Lipinski definition) is 2. The van der Waals surface area contributed by atoms with E-state index in [0.29, 0.717) is 6.42 Å². The predicted octanol–water partition coefficient (Wildman–Crippen LogP) is 4.35. The van der Waals surface area contributed by atoms with Crippen LogP contribution >= 0.6 is 0 Å². The summed E-state index contributed by atoms with van der Waals surface area (Å²) in [6.45, 7) is 4.89. The highest BCUT2D eigenvalue weighted by atomic mass is 16.1. The van der Waals surface area contributed by atoms with Crippen LogP contribution in [0.1, 0.15) is 30.9 Å². The van der Waals surface area contributed by atoms with Crippen molar-refractivity contribution in [3.63, 3.8) is 0 Å². The molecule has 3 nitrogen and oxygen atoms in total. The van der Waals surface area contributed by atoms with Crippen molar-refractivity contribution in [2.45, 2.75) is 33.2 Å². The first kappa shape index (κ1) is 15.1. The molecule has 0 atom stereocenters. The van der Waals surface area contributed by atoms with Gasteiger partial charge >= 0.3 is 0 Å². The molecular weight excluding hydrogens is 260 g/mol. The molecule has 3 heteroatoms. The van der Waals surface area contributed by atoms with Gasteiger partial charge in [-0.15, -0.1) is 0 Å². The Morgan fingerprint density at radius 1 is 1.05 bits per heavy atom. The van der Waals surface area contributed by atoms with Crippen molar-refractivity contribution in [2.24, 2.45) is 0 Å². The molecule has 2 aromatic carbocycles. The second kappa shape index (κ2) is 7.48. The zero-order chi connectivity index (χ0) is 15.1. The maximum Gasteiger partial charge on any atom is 0.224 e. The van der Waals surface area contributed by atoms with E-state index >= 15 is 0 Å². The van der Waals surface area contributed by atoms with Gasteiger partial charge in [-0.3, -0.25) is 4.79 Å². The molecule has 0 bridgehead atoms. The van der Waals surface area contributed by atoms with E-state index in [4.69, 9.17) is 0 Å². The average molecular weight is 282 g/mol. The Morgan fingerprint density at radius 2 is 1.76 bits per heavy atom. The second-order valence-corrected chi connectivity index (χ2v) is 5.22. The third kappa shape index (κ3) is 4.95. The summed E-state index contributed by atoms with van der Waals surface area (Å²) in [6, 6.07) is 16.3. The third-order valence-corrected chi connectivity index (χ3v) is 3.22. The van der Waals surface area contributed by atoms with E-state index in [1.807, 2.05) is 31.2 Å². The standard InChI is InChI=1S/C18H22N2O/c1-3-5-18(21)20-17-10-8-16(9-11-17)19-13-15-7-4-6-14(2)12-15/h4,6-12,19H,3,5,13H2,1-2H3,(H,20,21). The lowest BCUT2D eigenvalue weighted by atomic mass is 10.1. The highest BCUT2D eigenvalue weighted by Gasteiger charge is 2.00. The van der Waals surface area contributed by atoms with Crippen LogP contribution in [0.25, 0.3) is 0 Å². The molecule has 2 N–H and O–H groups in total. The van der Waals surface area contributed by atoms with E-state index in [1.165, 1.54) is 11.1 Å². The van der Waals surface area contributed by atoms with Crippen molar-refractivity contribution in [1.29, 1.82) is 0 Å². The van der Waals surface area contributed by atoms with Crippen molar-refractivity contribution in [3.8, 4) is 0 Å². The van der Waals surface area contributed by atoms with Gasteiger partial charge in [-0.1, -0.05) is 36.8 Å². The minimum Gasteiger partial charge on any atom is -0.381 e. The Morgan fingerprint density at radius 3 is 2.43 bits per heavy atom. The van der Waals surface area contributed by atoms with Gasteiger partial charge in [0.1, 0.15) is 0 Å². The summed E-state index contributed by atoms with van der Waals surface area (Å²) in [5, 5.41) is 6.27. The highest BCUT2D eigenvalue weighted by Crippen LogP contribution is 2.15. The molecule has 0 fully saturated rings. The summed E-state index contributed by atoms with van der Waals surface area (Å²) in [7, 11) is 0. The number of benzene rings is 2. The normalized spacial score (nSPS) is 10.2. The van der Waals surface area contributed by atoms with Crippen LogP contribution in [0.3, 0.4) is 0 Å². The molecule has 0 aliphatic heterocycles. The largest absolute Gasteiger partial charge is 0.381 e. The Kier molecular flexibility index (Phi) is 5.38. The Hall–Kier alpha value is -2.29. The van der Waals surface area contributed by atoms with Gasteiger partial charge in [-0.25, -0.2) is 0 Å². The lowest BCUT2D eigenvalue weighted by Crippen LogP contribution is -2.10. The molecular formula is C18H22N2O. The molecule has 0 heterocycles. The van der Waals surface area contributed by atoms with Gasteiger partial charge in [-0.05, 0) is 43.2 Å². The van der Waals surface area contributed by atoms with E-state index in [2.05, 4.69) is 41.8 Å². The number of aryl methyl sites for hydroxylation is 1. The van der Waals surface area contributed by atoms with Crippen LogP contribution in [0, 0.1) is 6.92 Å². The quantitative estimate of drug-likeness (QED) is 0.827. The van der Waals surface area contributed by atoms with Crippen molar-refractivity contribution < 1.29 is 4.79 Å². The summed E-state index contributed by atoms with van der Waals surface area (Å²) in [5.74, 6) is 0.0676. The Bertz CT molecular complexity index is 590. The van der Waals surface area contributed by atoms with Crippen LogP contribution in [0.5, 0.6) is 0 Å². The predicted molar refractivity (Wildman–Crippen MR) is 88.5 cm³/mol. The minimum absolute atomic E-state index is 0.0676. The van der Waals surface area contributed by atoms with E-state index in [-0.39, 0.29) is 5.91 Å². The van der Waals surface area contributed by atoms with Crippen LogP contribution in [0.15, 0.2) is 48.5 Å². The fourth-order valence-electron chi connectivity index (χ4n) is 2.15. The number of carbonyl (C=O) groups excluding carboxylic acids is 1. The fraction of sp³-hybridized carbons (Fsp3) is 0.278. The molecule has 2 rings (SSSR count). The monoisotopic (exact) mass is 282 g/mol. The summed E-state index contributed by atoms with van der Waals surface area (Å²) in [6.07, 6.45) is 1.43. The maximum atomic E-state index is 11.5. The smallest absolute Gasteiger partial charge is 0.224 e. The van der Waals surface area contributed by atoms with Gasteiger partial charge in [0, 0.05) is 24.3 Å². The van der Waals surface area contributed by atoms with Crippen molar-refractivity contribution in [2.75, 3.05) is 10.6 Å². The first-order chi connectivity index (χ1) is 10.2. The first-order valence-corrected chi connectivity index (χ1v) is 7.36. The van der Waals surface area contributed by atoms with E-state index < -0.39 is 0 Å². The lowest BCUT2D eigenvalue weighted by molar-refractivity contribution is -0.116. The topological polar surface area (TPSA) is 41.1 Å². The van der Waals surface area contributed by atoms with Gasteiger partial charge in [-0.2, -0.15) is 0 Å². The van der Waals surface area contributed by atoms with Crippen LogP contribution in [0.2, 0.25) is 0 Å². The van der Waals surface area contributed by atoms with Crippen LogP contribution in [-0.2, 0) is 11.3 Å². The Labute approximate surface area is 126 Å². The minimum atomic E-state index is 0.0676. The second-order valence-electron chi connectivity index (χ2n) is 5.22. The zero-order valence-electron chi connectivity index (χ0n) is 12.6. The fourth-order valence-corrected chi connectivity index (χ4v) is 2.15. The maximum absolute atomic E-state index is 11.5. The van der Waals surface area contributed by atoms with Crippen LogP contribution in [0.4, 0.5) is 11.4 Å². The molecule has 0 saturated heterocycles. The van der Waals surface area contributed by atoms with Gasteiger partial charge in [0.05, 0.1) is 0 Å². The molecule has 0 unspecified atom stereocenters. The summed E-state index contributed by atoms with van der Waals surface area (Å²) in [4.78, 5) is 11.5. The summed E-state index contributed by atoms with van der Waals surface area (Å²) < 4.78 is 0. The van der Waals surface area contributed by atoms with Gasteiger partial charge in [0.2, 0.25) is 5.91 Å². The number of amides is 1. The van der Waals surface area contributed by atoms with Gasteiger partial charge < -0.3 is 10.6 Å². The average Bonchev–Trinajstić information content (AvgIpc) is 2.47. The van der Waals surface area contributed by atoms with Crippen molar-refractivity contribution in [3.05, 3.63) is 59.7 Å². The van der Waals surface area contributed by atoms with Crippen molar-refractivity contribution in [1.82, 2.24) is 0 Å². The zero-order valence-corrected chi connectivity index (χ0v) is 12.6. The van der Waals surface area contributed by atoms with Gasteiger partial charge in [0.15, 0.2) is 0 Å². The van der Waals surface area contributed by atoms with Crippen LogP contribution in [-0.4, -0.2) is 5.91 Å². The third-order valence-electron chi connectivity index (χ3n) is 3.22. The molecule has 1 amide bonds. The molecule has 21 heavy (non-hydrogen) atoms. The van der Waals surface area contributed by atoms with E-state index in [1.54, 1.807) is 0 Å². The molecule has 110 valence electrons. The molecule has 0 aliphatic carbocycles. The summed E-state index contributed by atoms with van der Waals surface area (Å²) >= 11 is 0. The number of carbonyl (C=O) groups is 1. The molecule has 0 spiro atoms. The first-order valence-electron chi connectivity index (χ1n) is 7.36. The number of hydrogen-bond acceptors (Lipinski definition) is 2. The molecule has 0 radical (unpaired) electrons. The SMILES string of the molecule is CCCC(=O)Nc1ccc(NCc2cccc(C)c2)cc1. The Balaban J connectivity index is 1.89. The highest BCUT2D eigenvalue weighted by molar-refractivity contribution is 5.90.